The molecule has 2 fully saturated rings. The summed E-state index contributed by atoms with van der Waals surface area (Å²) in [5.74, 6) is -0.906. The smallest absolute Gasteiger partial charge is 0.286 e. The highest BCUT2D eigenvalue weighted by Crippen LogP contribution is 2.23. The van der Waals surface area contributed by atoms with Crippen molar-refractivity contribution >= 4 is 46.3 Å². The van der Waals surface area contributed by atoms with Gasteiger partial charge in [0.05, 0.1) is 5.92 Å². The van der Waals surface area contributed by atoms with Gasteiger partial charge in [0.15, 0.2) is 0 Å². The van der Waals surface area contributed by atoms with E-state index in [0.29, 0.717) is 23.8 Å². The molecule has 1 atom stereocenters. The van der Waals surface area contributed by atoms with E-state index in [4.69, 9.17) is 11.6 Å². The Bertz CT molecular complexity index is 958. The molecule has 2 heterocycles. The first-order valence-electron chi connectivity index (χ1n) is 10.5. The molecule has 1 aliphatic heterocycles. The number of hydrogen-bond donors (Lipinski definition) is 2. The molecule has 1 aliphatic carbocycles. The fourth-order valence-electron chi connectivity index (χ4n) is 4.02. The van der Waals surface area contributed by atoms with Crippen molar-refractivity contribution in [3.05, 3.63) is 39.3 Å². The van der Waals surface area contributed by atoms with Crippen LogP contribution in [0.2, 0.25) is 5.02 Å². The van der Waals surface area contributed by atoms with E-state index < -0.39 is 5.91 Å². The van der Waals surface area contributed by atoms with Crippen molar-refractivity contribution in [2.45, 2.75) is 44.6 Å². The minimum absolute atomic E-state index is 0.0321. The molecular weight excluding hydrogens is 438 g/mol. The van der Waals surface area contributed by atoms with Crippen molar-refractivity contribution in [1.82, 2.24) is 20.4 Å². The number of anilines is 1. The zero-order valence-electron chi connectivity index (χ0n) is 17.0. The van der Waals surface area contributed by atoms with Crippen LogP contribution in [0.15, 0.2) is 24.3 Å². The third-order valence-electron chi connectivity index (χ3n) is 5.69. The Kier molecular flexibility index (Phi) is 6.82. The highest BCUT2D eigenvalue weighted by molar-refractivity contribution is 7.15. The Balaban J connectivity index is 1.35. The molecule has 2 aromatic rings. The summed E-state index contributed by atoms with van der Waals surface area (Å²) < 4.78 is 0. The maximum absolute atomic E-state index is 12.9. The van der Waals surface area contributed by atoms with E-state index in [0.717, 1.165) is 49.9 Å². The van der Waals surface area contributed by atoms with E-state index in [1.807, 2.05) is 0 Å². The lowest BCUT2D eigenvalue weighted by molar-refractivity contribution is -0.127. The van der Waals surface area contributed by atoms with Crippen LogP contribution in [0.3, 0.4) is 0 Å². The highest BCUT2D eigenvalue weighted by Gasteiger charge is 2.32. The number of nitrogens with zero attached hydrogens (tertiary/aromatic N) is 3. The number of likely N-dealkylation sites (tertiary alicyclic amines) is 1. The average Bonchev–Trinajstić information content (AvgIpc) is 3.47. The number of piperidine rings is 1. The first kappa shape index (κ1) is 21.7. The van der Waals surface area contributed by atoms with Gasteiger partial charge in [-0.05, 0) is 49.9 Å². The molecule has 1 aromatic carbocycles. The van der Waals surface area contributed by atoms with Gasteiger partial charge in [-0.25, -0.2) is 0 Å². The highest BCUT2D eigenvalue weighted by atomic mass is 35.5. The topological polar surface area (TPSA) is 104 Å². The van der Waals surface area contributed by atoms with Gasteiger partial charge in [0.1, 0.15) is 0 Å². The van der Waals surface area contributed by atoms with Crippen LogP contribution in [-0.4, -0.2) is 52.0 Å². The number of carbonyl (C=O) groups is 3. The summed E-state index contributed by atoms with van der Waals surface area (Å²) in [5, 5.41) is 14.4. The SMILES string of the molecule is O=C(Nc1ccc(Cl)cc1)c1nnc(C(=O)N2CCC[C@@H](C(=O)NC3CCCC3)C2)s1. The van der Waals surface area contributed by atoms with E-state index in [2.05, 4.69) is 20.8 Å². The van der Waals surface area contributed by atoms with Gasteiger partial charge in [0.2, 0.25) is 15.9 Å². The van der Waals surface area contributed by atoms with Gasteiger partial charge in [-0.15, -0.1) is 10.2 Å². The summed E-state index contributed by atoms with van der Waals surface area (Å²) in [6.07, 6.45) is 5.92. The minimum atomic E-state index is -0.439. The van der Waals surface area contributed by atoms with E-state index >= 15 is 0 Å². The molecule has 1 saturated heterocycles. The number of halogens is 1. The molecule has 31 heavy (non-hydrogen) atoms. The van der Waals surface area contributed by atoms with Crippen molar-refractivity contribution < 1.29 is 14.4 Å². The van der Waals surface area contributed by atoms with Gasteiger partial charge in [-0.2, -0.15) is 0 Å². The zero-order valence-corrected chi connectivity index (χ0v) is 18.5. The van der Waals surface area contributed by atoms with Crippen molar-refractivity contribution in [3.63, 3.8) is 0 Å². The second kappa shape index (κ2) is 9.74. The molecule has 0 bridgehead atoms. The molecular formula is C21H24ClN5O3S. The Hall–Kier alpha value is -2.52. The summed E-state index contributed by atoms with van der Waals surface area (Å²) in [6, 6.07) is 6.96. The number of amides is 3. The second-order valence-electron chi connectivity index (χ2n) is 7.95. The molecule has 1 saturated carbocycles. The predicted molar refractivity (Wildman–Crippen MR) is 118 cm³/mol. The van der Waals surface area contributed by atoms with E-state index in [-0.39, 0.29) is 33.8 Å². The summed E-state index contributed by atoms with van der Waals surface area (Å²) >= 11 is 6.80. The summed E-state index contributed by atoms with van der Waals surface area (Å²) in [5.41, 5.74) is 0.574. The van der Waals surface area contributed by atoms with Gasteiger partial charge >= 0.3 is 0 Å². The number of aromatic nitrogens is 2. The molecule has 0 unspecified atom stereocenters. The van der Waals surface area contributed by atoms with Crippen LogP contribution in [0.25, 0.3) is 0 Å². The van der Waals surface area contributed by atoms with Crippen LogP contribution in [0.4, 0.5) is 5.69 Å². The van der Waals surface area contributed by atoms with Crippen LogP contribution in [0.5, 0.6) is 0 Å². The fraction of sp³-hybridized carbons (Fsp3) is 0.476. The molecule has 2 N–H and O–H groups in total. The Labute approximate surface area is 189 Å². The molecule has 3 amide bonds. The van der Waals surface area contributed by atoms with Crippen molar-refractivity contribution in [3.8, 4) is 0 Å². The number of carbonyl (C=O) groups excluding carboxylic acids is 3. The lowest BCUT2D eigenvalue weighted by atomic mass is 9.96. The number of benzene rings is 1. The predicted octanol–water partition coefficient (Wildman–Crippen LogP) is 3.35. The van der Waals surface area contributed by atoms with Crippen molar-refractivity contribution in [2.75, 3.05) is 18.4 Å². The van der Waals surface area contributed by atoms with Crippen LogP contribution in [-0.2, 0) is 4.79 Å². The first-order chi connectivity index (χ1) is 15.0. The first-order valence-corrected chi connectivity index (χ1v) is 11.7. The third kappa shape index (κ3) is 5.40. The largest absolute Gasteiger partial charge is 0.353 e. The quantitative estimate of drug-likeness (QED) is 0.710. The average molecular weight is 462 g/mol. The molecule has 10 heteroatoms. The normalized spacial score (nSPS) is 19.3. The van der Waals surface area contributed by atoms with Crippen LogP contribution < -0.4 is 10.6 Å². The van der Waals surface area contributed by atoms with Gasteiger partial charge in [-0.1, -0.05) is 35.8 Å². The number of nitrogens with one attached hydrogen (secondary N) is 2. The molecule has 8 nitrogen and oxygen atoms in total. The fourth-order valence-corrected chi connectivity index (χ4v) is 4.85. The van der Waals surface area contributed by atoms with Crippen molar-refractivity contribution in [1.29, 1.82) is 0 Å². The maximum atomic E-state index is 12.9. The minimum Gasteiger partial charge on any atom is -0.353 e. The monoisotopic (exact) mass is 461 g/mol. The maximum Gasteiger partial charge on any atom is 0.286 e. The van der Waals surface area contributed by atoms with Gasteiger partial charge in [-0.3, -0.25) is 14.4 Å². The molecule has 0 radical (unpaired) electrons. The Morgan fingerprint density at radius 2 is 1.71 bits per heavy atom. The lowest BCUT2D eigenvalue weighted by Crippen LogP contribution is -2.47. The zero-order chi connectivity index (χ0) is 21.8. The Morgan fingerprint density at radius 3 is 2.45 bits per heavy atom. The van der Waals surface area contributed by atoms with Gasteiger partial charge in [0, 0.05) is 29.8 Å². The molecule has 4 rings (SSSR count). The summed E-state index contributed by atoms with van der Waals surface area (Å²) in [4.78, 5) is 39.6. The molecule has 164 valence electrons. The van der Waals surface area contributed by atoms with Crippen molar-refractivity contribution in [2.24, 2.45) is 5.92 Å². The standard InChI is InChI=1S/C21H24ClN5O3S/c22-14-7-9-16(10-8-14)24-18(29)19-25-26-20(31-19)21(30)27-11-3-4-13(12-27)17(28)23-15-5-1-2-6-15/h7-10,13,15H,1-6,11-12H2,(H,23,28)(H,24,29)/t13-/m1/s1. The van der Waals surface area contributed by atoms with E-state index in [1.165, 1.54) is 0 Å². The summed E-state index contributed by atoms with van der Waals surface area (Å²) in [6.45, 7) is 0.932. The Morgan fingerprint density at radius 1 is 1.00 bits per heavy atom. The number of hydrogen-bond acceptors (Lipinski definition) is 6. The van der Waals surface area contributed by atoms with Gasteiger partial charge < -0.3 is 15.5 Å². The van der Waals surface area contributed by atoms with E-state index in [1.54, 1.807) is 29.2 Å². The lowest BCUT2D eigenvalue weighted by Gasteiger charge is -2.32. The molecule has 2 aliphatic rings. The number of rotatable bonds is 5. The van der Waals surface area contributed by atoms with Crippen LogP contribution >= 0.6 is 22.9 Å². The molecule has 1 aromatic heterocycles. The summed E-state index contributed by atoms with van der Waals surface area (Å²) in [7, 11) is 0. The second-order valence-corrected chi connectivity index (χ2v) is 9.37. The van der Waals surface area contributed by atoms with Gasteiger partial charge in [0.25, 0.3) is 11.8 Å². The van der Waals surface area contributed by atoms with Crippen LogP contribution in [0, 0.1) is 5.92 Å². The van der Waals surface area contributed by atoms with Crippen LogP contribution in [0.1, 0.15) is 58.1 Å². The third-order valence-corrected chi connectivity index (χ3v) is 6.85. The van der Waals surface area contributed by atoms with E-state index in [9.17, 15) is 14.4 Å². The molecule has 0 spiro atoms.